The summed E-state index contributed by atoms with van der Waals surface area (Å²) in [6.45, 7) is 3.63. The number of nitrogens with zero attached hydrogens (tertiary/aromatic N) is 2. The first-order valence-corrected chi connectivity index (χ1v) is 11.3. The van der Waals surface area contributed by atoms with Crippen LogP contribution in [0, 0.1) is 5.92 Å². The third kappa shape index (κ3) is 4.82. The van der Waals surface area contributed by atoms with Crippen LogP contribution in [0.1, 0.15) is 55.8 Å². The number of hydrogen-bond acceptors (Lipinski definition) is 6. The lowest BCUT2D eigenvalue weighted by atomic mass is 9.89. The molecular formula is C24H31N3O4. The van der Waals surface area contributed by atoms with E-state index in [4.69, 9.17) is 4.74 Å². The van der Waals surface area contributed by atoms with Gasteiger partial charge in [0.15, 0.2) is 5.75 Å². The summed E-state index contributed by atoms with van der Waals surface area (Å²) >= 11 is 0. The van der Waals surface area contributed by atoms with Crippen LogP contribution in [0.25, 0.3) is 10.9 Å². The van der Waals surface area contributed by atoms with Crippen LogP contribution in [0.15, 0.2) is 30.5 Å². The SMILES string of the molecule is CCOC(=O)[C@@H]1C[C@H](NC(=O)c2ccc3cccnc3c2O)CN1CC1CCCCC1. The Hall–Kier alpha value is -2.67. The van der Waals surface area contributed by atoms with Gasteiger partial charge in [0, 0.05) is 30.7 Å². The Balaban J connectivity index is 1.46. The van der Waals surface area contributed by atoms with E-state index >= 15 is 0 Å². The maximum absolute atomic E-state index is 12.9. The van der Waals surface area contributed by atoms with Crippen molar-refractivity contribution < 1.29 is 19.4 Å². The van der Waals surface area contributed by atoms with Gasteiger partial charge in [-0.1, -0.05) is 31.4 Å². The van der Waals surface area contributed by atoms with Crippen LogP contribution in [-0.4, -0.2) is 58.6 Å². The fourth-order valence-electron chi connectivity index (χ4n) is 4.97. The van der Waals surface area contributed by atoms with Gasteiger partial charge < -0.3 is 15.2 Å². The number of amides is 1. The number of ether oxygens (including phenoxy) is 1. The van der Waals surface area contributed by atoms with Gasteiger partial charge in [0.2, 0.25) is 0 Å². The molecule has 1 aliphatic carbocycles. The largest absolute Gasteiger partial charge is 0.505 e. The molecule has 4 rings (SSSR count). The lowest BCUT2D eigenvalue weighted by molar-refractivity contribution is -0.148. The average molecular weight is 426 g/mol. The normalized spacial score (nSPS) is 22.5. The van der Waals surface area contributed by atoms with Gasteiger partial charge in [0.25, 0.3) is 5.91 Å². The zero-order valence-electron chi connectivity index (χ0n) is 18.0. The third-order valence-corrected chi connectivity index (χ3v) is 6.51. The first-order valence-electron chi connectivity index (χ1n) is 11.3. The second kappa shape index (κ2) is 9.64. The maximum Gasteiger partial charge on any atom is 0.323 e. The van der Waals surface area contributed by atoms with Crippen molar-refractivity contribution in [2.24, 2.45) is 5.92 Å². The predicted molar refractivity (Wildman–Crippen MR) is 118 cm³/mol. The highest BCUT2D eigenvalue weighted by Gasteiger charge is 2.39. The van der Waals surface area contributed by atoms with Crippen molar-refractivity contribution in [3.8, 4) is 5.75 Å². The molecule has 0 spiro atoms. The fourth-order valence-corrected chi connectivity index (χ4v) is 4.97. The quantitative estimate of drug-likeness (QED) is 0.691. The van der Waals surface area contributed by atoms with Crippen LogP contribution in [0.5, 0.6) is 5.75 Å². The van der Waals surface area contributed by atoms with Crippen molar-refractivity contribution in [1.82, 2.24) is 15.2 Å². The number of phenolic OH excluding ortho intramolecular Hbond substituents is 1. The Labute approximate surface area is 182 Å². The third-order valence-electron chi connectivity index (χ3n) is 6.51. The van der Waals surface area contributed by atoms with E-state index in [2.05, 4.69) is 15.2 Å². The first-order chi connectivity index (χ1) is 15.1. The maximum atomic E-state index is 12.9. The summed E-state index contributed by atoms with van der Waals surface area (Å²) in [4.78, 5) is 31.9. The van der Waals surface area contributed by atoms with Gasteiger partial charge in [-0.25, -0.2) is 0 Å². The zero-order chi connectivity index (χ0) is 21.8. The minimum Gasteiger partial charge on any atom is -0.505 e. The highest BCUT2D eigenvalue weighted by atomic mass is 16.5. The number of carbonyl (C=O) groups excluding carboxylic acids is 2. The summed E-state index contributed by atoms with van der Waals surface area (Å²) in [6, 6.07) is 6.52. The van der Waals surface area contributed by atoms with Gasteiger partial charge in [-0.15, -0.1) is 0 Å². The van der Waals surface area contributed by atoms with E-state index in [-0.39, 0.29) is 35.3 Å². The van der Waals surface area contributed by atoms with E-state index in [1.807, 2.05) is 13.0 Å². The Morgan fingerprint density at radius 1 is 1.23 bits per heavy atom. The number of likely N-dealkylation sites (tertiary alicyclic amines) is 1. The van der Waals surface area contributed by atoms with Crippen LogP contribution in [-0.2, 0) is 9.53 Å². The molecule has 2 fully saturated rings. The van der Waals surface area contributed by atoms with Crippen molar-refractivity contribution in [2.75, 3.05) is 19.7 Å². The van der Waals surface area contributed by atoms with Gasteiger partial charge in [0.1, 0.15) is 11.6 Å². The average Bonchev–Trinajstić information content (AvgIpc) is 3.17. The standard InChI is InChI=1S/C24H31N3O4/c1-2-31-24(30)20-13-18(15-27(20)14-16-7-4-3-5-8-16)26-23(29)19-11-10-17-9-6-12-25-21(17)22(19)28/h6,9-12,16,18,20,28H,2-5,7-8,13-15H2,1H3,(H,26,29)/t18-,20-/m0/s1. The summed E-state index contributed by atoms with van der Waals surface area (Å²) in [5.41, 5.74) is 0.606. The fraction of sp³-hybridized carbons (Fsp3) is 0.542. The molecule has 1 saturated heterocycles. The second-order valence-corrected chi connectivity index (χ2v) is 8.67. The van der Waals surface area contributed by atoms with Crippen molar-refractivity contribution in [2.45, 2.75) is 57.5 Å². The molecule has 0 radical (unpaired) electrons. The number of hydrogen-bond donors (Lipinski definition) is 2. The Morgan fingerprint density at radius 2 is 2.03 bits per heavy atom. The lowest BCUT2D eigenvalue weighted by Crippen LogP contribution is -2.41. The molecule has 1 amide bonds. The molecule has 2 aliphatic rings. The van der Waals surface area contributed by atoms with Crippen molar-refractivity contribution in [3.63, 3.8) is 0 Å². The predicted octanol–water partition coefficient (Wildman–Crippen LogP) is 3.26. The Kier molecular flexibility index (Phi) is 6.70. The molecule has 0 unspecified atom stereocenters. The molecule has 2 N–H and O–H groups in total. The molecule has 166 valence electrons. The van der Waals surface area contributed by atoms with Gasteiger partial charge in [-0.2, -0.15) is 0 Å². The molecule has 7 nitrogen and oxygen atoms in total. The summed E-state index contributed by atoms with van der Waals surface area (Å²) in [5.74, 6) is -0.0877. The van der Waals surface area contributed by atoms with Crippen LogP contribution in [0.4, 0.5) is 0 Å². The number of nitrogens with one attached hydrogen (secondary N) is 1. The number of benzene rings is 1. The summed E-state index contributed by atoms with van der Waals surface area (Å²) in [6.07, 6.45) is 8.29. The summed E-state index contributed by atoms with van der Waals surface area (Å²) < 4.78 is 5.31. The van der Waals surface area contributed by atoms with E-state index in [1.54, 1.807) is 24.4 Å². The molecule has 2 atom stereocenters. The Bertz CT molecular complexity index is 942. The molecular weight excluding hydrogens is 394 g/mol. The number of pyridine rings is 1. The molecule has 2 aromatic rings. The molecule has 1 aromatic carbocycles. The molecule has 0 bridgehead atoms. The Morgan fingerprint density at radius 3 is 2.81 bits per heavy atom. The first kappa shape index (κ1) is 21.6. The van der Waals surface area contributed by atoms with Crippen LogP contribution < -0.4 is 5.32 Å². The van der Waals surface area contributed by atoms with E-state index in [1.165, 1.54) is 32.1 Å². The molecule has 1 aliphatic heterocycles. The van der Waals surface area contributed by atoms with Gasteiger partial charge in [0.05, 0.1) is 12.2 Å². The number of phenols is 1. The number of rotatable bonds is 6. The van der Waals surface area contributed by atoms with E-state index in [0.29, 0.717) is 31.0 Å². The highest BCUT2D eigenvalue weighted by Crippen LogP contribution is 2.30. The summed E-state index contributed by atoms with van der Waals surface area (Å²) in [7, 11) is 0. The van der Waals surface area contributed by atoms with Gasteiger partial charge in [-0.3, -0.25) is 19.5 Å². The van der Waals surface area contributed by atoms with Gasteiger partial charge >= 0.3 is 5.97 Å². The monoisotopic (exact) mass is 425 g/mol. The van der Waals surface area contributed by atoms with E-state index < -0.39 is 0 Å². The molecule has 1 aromatic heterocycles. The topological polar surface area (TPSA) is 91.8 Å². The number of aromatic nitrogens is 1. The van der Waals surface area contributed by atoms with Crippen molar-refractivity contribution >= 4 is 22.8 Å². The molecule has 31 heavy (non-hydrogen) atoms. The van der Waals surface area contributed by atoms with Crippen LogP contribution in [0.2, 0.25) is 0 Å². The minimum absolute atomic E-state index is 0.116. The second-order valence-electron chi connectivity index (χ2n) is 8.67. The molecule has 1 saturated carbocycles. The van der Waals surface area contributed by atoms with Crippen LogP contribution >= 0.6 is 0 Å². The number of carbonyl (C=O) groups is 2. The minimum atomic E-state index is -0.350. The highest BCUT2D eigenvalue weighted by molar-refractivity contribution is 6.02. The van der Waals surface area contributed by atoms with Crippen molar-refractivity contribution in [1.29, 1.82) is 0 Å². The van der Waals surface area contributed by atoms with E-state index in [0.717, 1.165) is 11.9 Å². The van der Waals surface area contributed by atoms with E-state index in [9.17, 15) is 14.7 Å². The molecule has 2 heterocycles. The number of aromatic hydroxyl groups is 1. The van der Waals surface area contributed by atoms with Crippen molar-refractivity contribution in [3.05, 3.63) is 36.0 Å². The summed E-state index contributed by atoms with van der Waals surface area (Å²) in [5, 5.41) is 14.4. The smallest absolute Gasteiger partial charge is 0.323 e. The number of esters is 1. The number of fused-ring (bicyclic) bond motifs is 1. The lowest BCUT2D eigenvalue weighted by Gasteiger charge is -2.29. The zero-order valence-corrected chi connectivity index (χ0v) is 18.0. The van der Waals surface area contributed by atoms with Gasteiger partial charge in [-0.05, 0) is 44.2 Å². The van der Waals surface area contributed by atoms with Crippen LogP contribution in [0.3, 0.4) is 0 Å². The molecule has 7 heteroatoms.